The molecule has 3 nitrogen and oxygen atoms in total. The number of aryl methyl sites for hydroxylation is 1. The van der Waals surface area contributed by atoms with E-state index in [0.717, 1.165) is 18.2 Å². The summed E-state index contributed by atoms with van der Waals surface area (Å²) in [5.74, 6) is 0.820. The molecule has 0 atom stereocenters. The summed E-state index contributed by atoms with van der Waals surface area (Å²) < 4.78 is 0. The fraction of sp³-hybridized carbons (Fsp3) is 0.133. The number of imidazole rings is 1. The molecule has 3 aromatic rings. The number of rotatable bonds is 3. The van der Waals surface area contributed by atoms with Gasteiger partial charge in [-0.3, -0.25) is 0 Å². The van der Waals surface area contributed by atoms with Gasteiger partial charge in [0, 0.05) is 18.4 Å². The molecule has 0 saturated heterocycles. The quantitative estimate of drug-likeness (QED) is 0.732. The Balaban J connectivity index is 1.86. The second kappa shape index (κ2) is 4.53. The van der Waals surface area contributed by atoms with Gasteiger partial charge in [0.25, 0.3) is 0 Å². The molecular formula is C15H15N3. The van der Waals surface area contributed by atoms with Crippen LogP contribution in [0.4, 0.5) is 5.95 Å². The van der Waals surface area contributed by atoms with Crippen molar-refractivity contribution in [2.45, 2.75) is 13.5 Å². The van der Waals surface area contributed by atoms with Crippen LogP contribution in [-0.2, 0) is 6.54 Å². The van der Waals surface area contributed by atoms with Crippen molar-refractivity contribution in [3.8, 4) is 0 Å². The summed E-state index contributed by atoms with van der Waals surface area (Å²) in [7, 11) is 0. The van der Waals surface area contributed by atoms with Gasteiger partial charge in [0.05, 0.1) is 0 Å². The summed E-state index contributed by atoms with van der Waals surface area (Å²) in [6, 6.07) is 14.8. The lowest BCUT2D eigenvalue weighted by Crippen LogP contribution is -2.01. The van der Waals surface area contributed by atoms with Crippen molar-refractivity contribution in [3.05, 3.63) is 59.9 Å². The second-order valence-electron chi connectivity index (χ2n) is 4.41. The van der Waals surface area contributed by atoms with Crippen LogP contribution in [0.3, 0.4) is 0 Å². The number of nitrogens with one attached hydrogen (secondary N) is 2. The molecule has 0 aliphatic carbocycles. The zero-order valence-corrected chi connectivity index (χ0v) is 10.3. The van der Waals surface area contributed by atoms with Crippen molar-refractivity contribution in [2.75, 3.05) is 5.32 Å². The lowest BCUT2D eigenvalue weighted by atomic mass is 10.0. The first kappa shape index (κ1) is 10.8. The van der Waals surface area contributed by atoms with Crippen molar-refractivity contribution < 1.29 is 0 Å². The van der Waals surface area contributed by atoms with Crippen LogP contribution in [-0.4, -0.2) is 9.97 Å². The van der Waals surface area contributed by atoms with E-state index >= 15 is 0 Å². The lowest BCUT2D eigenvalue weighted by Gasteiger charge is -2.07. The highest BCUT2D eigenvalue weighted by atomic mass is 15.1. The van der Waals surface area contributed by atoms with E-state index < -0.39 is 0 Å². The maximum absolute atomic E-state index is 4.24. The molecule has 0 radical (unpaired) electrons. The van der Waals surface area contributed by atoms with Crippen molar-refractivity contribution in [2.24, 2.45) is 0 Å². The van der Waals surface area contributed by atoms with E-state index in [1.165, 1.54) is 16.3 Å². The fourth-order valence-corrected chi connectivity index (χ4v) is 2.13. The Morgan fingerprint density at radius 3 is 2.78 bits per heavy atom. The molecule has 0 spiro atoms. The minimum Gasteiger partial charge on any atom is -0.352 e. The van der Waals surface area contributed by atoms with E-state index in [0.29, 0.717) is 0 Å². The van der Waals surface area contributed by atoms with Crippen LogP contribution in [0.15, 0.2) is 48.7 Å². The highest BCUT2D eigenvalue weighted by molar-refractivity contribution is 5.85. The Hall–Kier alpha value is -2.29. The van der Waals surface area contributed by atoms with Crippen molar-refractivity contribution in [1.82, 2.24) is 9.97 Å². The first-order valence-corrected chi connectivity index (χ1v) is 6.05. The van der Waals surface area contributed by atoms with Gasteiger partial charge in [-0.15, -0.1) is 0 Å². The van der Waals surface area contributed by atoms with Gasteiger partial charge in [-0.05, 0) is 23.3 Å². The first-order chi connectivity index (χ1) is 8.83. The summed E-state index contributed by atoms with van der Waals surface area (Å²) in [5, 5.41) is 5.87. The molecule has 0 unspecified atom stereocenters. The van der Waals surface area contributed by atoms with Crippen molar-refractivity contribution in [1.29, 1.82) is 0 Å². The SMILES string of the molecule is Cc1cnc(NCc2cccc3ccccc23)[nH]1. The average molecular weight is 237 g/mol. The molecule has 18 heavy (non-hydrogen) atoms. The van der Waals surface area contributed by atoms with E-state index in [4.69, 9.17) is 0 Å². The van der Waals surface area contributed by atoms with E-state index in [1.54, 1.807) is 0 Å². The molecule has 3 heteroatoms. The number of hydrogen-bond donors (Lipinski definition) is 2. The summed E-state index contributed by atoms with van der Waals surface area (Å²) >= 11 is 0. The Labute approximate surface area is 106 Å². The largest absolute Gasteiger partial charge is 0.352 e. The molecule has 3 rings (SSSR count). The molecule has 90 valence electrons. The topological polar surface area (TPSA) is 40.7 Å². The van der Waals surface area contributed by atoms with Gasteiger partial charge in [0.2, 0.25) is 5.95 Å². The van der Waals surface area contributed by atoms with Gasteiger partial charge in [-0.25, -0.2) is 4.98 Å². The molecule has 0 amide bonds. The molecule has 2 aromatic carbocycles. The Morgan fingerprint density at radius 1 is 1.11 bits per heavy atom. The minimum atomic E-state index is 0.772. The fourth-order valence-electron chi connectivity index (χ4n) is 2.13. The van der Waals surface area contributed by atoms with Crippen LogP contribution in [0.2, 0.25) is 0 Å². The predicted octanol–water partition coefficient (Wildman–Crippen LogP) is 3.48. The molecular weight excluding hydrogens is 222 g/mol. The summed E-state index contributed by atoms with van der Waals surface area (Å²) in [5.41, 5.74) is 2.34. The molecule has 1 heterocycles. The maximum atomic E-state index is 4.24. The smallest absolute Gasteiger partial charge is 0.200 e. The summed E-state index contributed by atoms with van der Waals surface area (Å²) in [6.07, 6.45) is 1.82. The Morgan fingerprint density at radius 2 is 1.94 bits per heavy atom. The van der Waals surface area contributed by atoms with Gasteiger partial charge < -0.3 is 10.3 Å². The third-order valence-corrected chi connectivity index (χ3v) is 3.03. The van der Waals surface area contributed by atoms with Gasteiger partial charge in [0.15, 0.2) is 0 Å². The molecule has 0 aliphatic rings. The summed E-state index contributed by atoms with van der Waals surface area (Å²) in [4.78, 5) is 7.42. The highest BCUT2D eigenvalue weighted by Gasteiger charge is 2.01. The number of aromatic nitrogens is 2. The van der Waals surface area contributed by atoms with Crippen LogP contribution >= 0.6 is 0 Å². The van der Waals surface area contributed by atoms with Gasteiger partial charge in [-0.2, -0.15) is 0 Å². The number of benzene rings is 2. The van der Waals surface area contributed by atoms with Crippen LogP contribution in [0.1, 0.15) is 11.3 Å². The van der Waals surface area contributed by atoms with Crippen LogP contribution < -0.4 is 5.32 Å². The standard InChI is InChI=1S/C15H15N3/c1-11-9-16-15(18-11)17-10-13-7-4-6-12-5-2-3-8-14(12)13/h2-9H,10H2,1H3,(H2,16,17,18). The normalized spacial score (nSPS) is 10.7. The highest BCUT2D eigenvalue weighted by Crippen LogP contribution is 2.19. The molecule has 0 fully saturated rings. The predicted molar refractivity (Wildman–Crippen MR) is 74.6 cm³/mol. The number of H-pyrrole nitrogens is 1. The molecule has 1 aromatic heterocycles. The van der Waals surface area contributed by atoms with Gasteiger partial charge in [0.1, 0.15) is 0 Å². The number of aromatic amines is 1. The molecule has 0 saturated carbocycles. The Kier molecular flexibility index (Phi) is 2.73. The third-order valence-electron chi connectivity index (χ3n) is 3.03. The summed E-state index contributed by atoms with van der Waals surface area (Å²) in [6.45, 7) is 2.77. The van der Waals surface area contributed by atoms with Crippen LogP contribution in [0.5, 0.6) is 0 Å². The molecule has 2 N–H and O–H groups in total. The van der Waals surface area contributed by atoms with E-state index in [9.17, 15) is 0 Å². The van der Waals surface area contributed by atoms with Crippen molar-refractivity contribution >= 4 is 16.7 Å². The van der Waals surface area contributed by atoms with Crippen LogP contribution in [0, 0.1) is 6.92 Å². The zero-order chi connectivity index (χ0) is 12.4. The van der Waals surface area contributed by atoms with Crippen molar-refractivity contribution in [3.63, 3.8) is 0 Å². The minimum absolute atomic E-state index is 0.772. The lowest BCUT2D eigenvalue weighted by molar-refractivity contribution is 1.10. The van der Waals surface area contributed by atoms with E-state index in [1.807, 2.05) is 13.1 Å². The van der Waals surface area contributed by atoms with Crippen LogP contribution in [0.25, 0.3) is 10.8 Å². The van der Waals surface area contributed by atoms with Gasteiger partial charge in [-0.1, -0.05) is 42.5 Å². The molecule has 0 bridgehead atoms. The average Bonchev–Trinajstić information content (AvgIpc) is 2.82. The third kappa shape index (κ3) is 2.07. The monoisotopic (exact) mass is 237 g/mol. The number of nitrogens with zero attached hydrogens (tertiary/aromatic N) is 1. The van der Waals surface area contributed by atoms with E-state index in [-0.39, 0.29) is 0 Å². The first-order valence-electron chi connectivity index (χ1n) is 6.05. The number of hydrogen-bond acceptors (Lipinski definition) is 2. The maximum Gasteiger partial charge on any atom is 0.200 e. The van der Waals surface area contributed by atoms with Gasteiger partial charge >= 0.3 is 0 Å². The number of anilines is 1. The Bertz CT molecular complexity index is 665. The number of fused-ring (bicyclic) bond motifs is 1. The zero-order valence-electron chi connectivity index (χ0n) is 10.3. The molecule has 0 aliphatic heterocycles. The van der Waals surface area contributed by atoms with E-state index in [2.05, 4.69) is 57.7 Å². The second-order valence-corrected chi connectivity index (χ2v) is 4.41.